The van der Waals surface area contributed by atoms with Gasteiger partial charge in [-0.15, -0.1) is 0 Å². The summed E-state index contributed by atoms with van der Waals surface area (Å²) in [6, 6.07) is 18.8. The van der Waals surface area contributed by atoms with Gasteiger partial charge in [-0.2, -0.15) is 0 Å². The minimum Gasteiger partial charge on any atom is -0.366 e. The zero-order valence-corrected chi connectivity index (χ0v) is 18.6. The largest absolute Gasteiger partial charge is 0.366 e. The number of primary amides is 1. The molecule has 2 N–H and O–H groups in total. The van der Waals surface area contributed by atoms with Crippen molar-refractivity contribution in [3.8, 4) is 0 Å². The van der Waals surface area contributed by atoms with E-state index < -0.39 is 5.91 Å². The summed E-state index contributed by atoms with van der Waals surface area (Å²) in [5.74, 6) is 0.268. The third-order valence-corrected chi connectivity index (χ3v) is 7.43. The van der Waals surface area contributed by atoms with Crippen molar-refractivity contribution >= 4 is 28.5 Å². The second-order valence-corrected chi connectivity index (χ2v) is 9.36. The Bertz CT molecular complexity index is 1080. The fourth-order valence-electron chi connectivity index (χ4n) is 5.02. The lowest BCUT2D eigenvalue weighted by atomic mass is 9.84. The molecule has 2 aromatic carbocycles. The van der Waals surface area contributed by atoms with Crippen LogP contribution < -0.4 is 5.73 Å². The van der Waals surface area contributed by atoms with Crippen LogP contribution in [0.4, 0.5) is 0 Å². The first-order valence-corrected chi connectivity index (χ1v) is 11.9. The van der Waals surface area contributed by atoms with E-state index in [1.165, 1.54) is 37.7 Å². The number of hydrogen-bond donors (Lipinski definition) is 1. The van der Waals surface area contributed by atoms with E-state index in [2.05, 4.69) is 46.7 Å². The normalized spacial score (nSPS) is 21.6. The molecule has 0 radical (unpaired) electrons. The van der Waals surface area contributed by atoms with Crippen LogP contribution in [0.3, 0.4) is 0 Å². The van der Waals surface area contributed by atoms with Gasteiger partial charge in [0.15, 0.2) is 5.17 Å². The minimum atomic E-state index is -0.418. The molecule has 0 aromatic heterocycles. The molecule has 31 heavy (non-hydrogen) atoms. The van der Waals surface area contributed by atoms with Crippen molar-refractivity contribution < 1.29 is 4.79 Å². The van der Waals surface area contributed by atoms with Crippen LogP contribution in [0.15, 0.2) is 76.3 Å². The Morgan fingerprint density at radius 1 is 1.00 bits per heavy atom. The molecule has 1 saturated carbocycles. The van der Waals surface area contributed by atoms with Gasteiger partial charge in [-0.25, -0.2) is 4.99 Å². The molecule has 0 spiro atoms. The van der Waals surface area contributed by atoms with Gasteiger partial charge in [-0.05, 0) is 42.4 Å². The number of allylic oxidation sites excluding steroid dienone is 1. The quantitative estimate of drug-likeness (QED) is 0.653. The van der Waals surface area contributed by atoms with Gasteiger partial charge in [0, 0.05) is 5.41 Å². The number of thioether (sulfide) groups is 1. The summed E-state index contributed by atoms with van der Waals surface area (Å²) in [5.41, 5.74) is 11.8. The van der Waals surface area contributed by atoms with Crippen LogP contribution in [0, 0.1) is 0 Å². The zero-order valence-electron chi connectivity index (χ0n) is 17.8. The maximum atomic E-state index is 12.4. The Labute approximate surface area is 187 Å². The van der Waals surface area contributed by atoms with E-state index in [0.29, 0.717) is 17.2 Å². The second-order valence-electron chi connectivity index (χ2n) is 8.52. The number of nitrogens with two attached hydrogens (primary N) is 1. The van der Waals surface area contributed by atoms with Gasteiger partial charge < -0.3 is 10.6 Å². The molecule has 1 amide bonds. The van der Waals surface area contributed by atoms with Gasteiger partial charge in [0.1, 0.15) is 0 Å². The fourth-order valence-corrected chi connectivity index (χ4v) is 5.99. The maximum Gasteiger partial charge on any atom is 0.248 e. The van der Waals surface area contributed by atoms with Crippen LogP contribution in [0.2, 0.25) is 0 Å². The van der Waals surface area contributed by atoms with Crippen LogP contribution in [0.25, 0.3) is 5.70 Å². The van der Waals surface area contributed by atoms with E-state index in [1.54, 1.807) is 11.8 Å². The molecule has 1 aliphatic carbocycles. The number of nitrogens with zero attached hydrogens (tertiary/aromatic N) is 2. The highest BCUT2D eigenvalue weighted by Crippen LogP contribution is 2.46. The van der Waals surface area contributed by atoms with Gasteiger partial charge in [0.2, 0.25) is 5.91 Å². The van der Waals surface area contributed by atoms with Crippen molar-refractivity contribution in [1.29, 1.82) is 0 Å². The molecule has 5 rings (SSSR count). The van der Waals surface area contributed by atoms with Crippen LogP contribution in [0.5, 0.6) is 0 Å². The Morgan fingerprint density at radius 3 is 2.39 bits per heavy atom. The van der Waals surface area contributed by atoms with Crippen molar-refractivity contribution in [1.82, 2.24) is 4.90 Å². The summed E-state index contributed by atoms with van der Waals surface area (Å²) >= 11 is 1.61. The predicted molar refractivity (Wildman–Crippen MR) is 128 cm³/mol. The molecule has 2 aliphatic heterocycles. The lowest BCUT2D eigenvalue weighted by Gasteiger charge is -2.36. The number of hydrogen-bond acceptors (Lipinski definition) is 4. The highest BCUT2D eigenvalue weighted by Gasteiger charge is 2.39. The van der Waals surface area contributed by atoms with Crippen molar-refractivity contribution in [2.24, 2.45) is 10.7 Å². The third kappa shape index (κ3) is 3.72. The molecular formula is C26H27N3OS. The summed E-state index contributed by atoms with van der Waals surface area (Å²) in [4.78, 5) is 19.3. The summed E-state index contributed by atoms with van der Waals surface area (Å²) in [7, 11) is 0. The standard InChI is InChI=1S/C26H27N3OS/c1-17-23(25(27)30)24(21-10-6-3-7-11-21)29-22(16-31-26(29)28-17)20-14-12-19(13-15-20)18-8-4-2-5-9-18/h3,6-7,10-16,18,24H,2,4-5,8-9H2,1H3,(H2,27,30)/t24-/m0/s1. The van der Waals surface area contributed by atoms with E-state index >= 15 is 0 Å². The number of amides is 1. The second kappa shape index (κ2) is 8.39. The number of carbonyl (C=O) groups excluding carboxylic acids is 1. The third-order valence-electron chi connectivity index (χ3n) is 6.59. The molecule has 2 aromatic rings. The number of aliphatic imine (C=N–C) groups is 1. The average Bonchev–Trinajstić information content (AvgIpc) is 3.22. The van der Waals surface area contributed by atoms with Crippen molar-refractivity contribution in [3.05, 3.63) is 88.0 Å². The average molecular weight is 430 g/mol. The topological polar surface area (TPSA) is 58.7 Å². The van der Waals surface area contributed by atoms with Crippen molar-refractivity contribution in [2.45, 2.75) is 51.0 Å². The number of carbonyl (C=O) groups is 1. The maximum absolute atomic E-state index is 12.4. The molecule has 0 unspecified atom stereocenters. The van der Waals surface area contributed by atoms with Gasteiger partial charge in [-0.1, -0.05) is 85.6 Å². The van der Waals surface area contributed by atoms with Crippen LogP contribution in [-0.4, -0.2) is 16.0 Å². The van der Waals surface area contributed by atoms with E-state index in [-0.39, 0.29) is 6.04 Å². The molecule has 158 valence electrons. The zero-order chi connectivity index (χ0) is 21.4. The number of benzene rings is 2. The fraction of sp³-hybridized carbons (Fsp3) is 0.308. The highest BCUT2D eigenvalue weighted by molar-refractivity contribution is 8.16. The van der Waals surface area contributed by atoms with Crippen molar-refractivity contribution in [2.75, 3.05) is 0 Å². The first kappa shape index (κ1) is 20.1. The Hall–Kier alpha value is -2.79. The molecular weight excluding hydrogens is 402 g/mol. The molecule has 2 heterocycles. The lowest BCUT2D eigenvalue weighted by Crippen LogP contribution is -2.37. The summed E-state index contributed by atoms with van der Waals surface area (Å²) < 4.78 is 0. The molecule has 5 heteroatoms. The summed E-state index contributed by atoms with van der Waals surface area (Å²) in [5, 5.41) is 3.03. The highest BCUT2D eigenvalue weighted by atomic mass is 32.2. The van der Waals surface area contributed by atoms with E-state index in [9.17, 15) is 4.79 Å². The smallest absolute Gasteiger partial charge is 0.248 e. The van der Waals surface area contributed by atoms with E-state index in [0.717, 1.165) is 22.0 Å². The molecule has 1 atom stereocenters. The van der Waals surface area contributed by atoms with Gasteiger partial charge in [-0.3, -0.25) is 4.79 Å². The first-order valence-electron chi connectivity index (χ1n) is 11.0. The summed E-state index contributed by atoms with van der Waals surface area (Å²) in [6.45, 7) is 1.87. The van der Waals surface area contributed by atoms with E-state index in [1.807, 2.05) is 25.1 Å². The molecule has 3 aliphatic rings. The monoisotopic (exact) mass is 429 g/mol. The number of rotatable bonds is 4. The molecule has 0 bridgehead atoms. The van der Waals surface area contributed by atoms with Crippen LogP contribution in [-0.2, 0) is 4.79 Å². The molecule has 4 nitrogen and oxygen atoms in total. The van der Waals surface area contributed by atoms with E-state index in [4.69, 9.17) is 10.7 Å². The molecule has 1 fully saturated rings. The lowest BCUT2D eigenvalue weighted by molar-refractivity contribution is -0.115. The first-order chi connectivity index (χ1) is 15.1. The van der Waals surface area contributed by atoms with Crippen LogP contribution in [0.1, 0.15) is 67.7 Å². The van der Waals surface area contributed by atoms with Crippen LogP contribution >= 0.6 is 11.8 Å². The predicted octanol–water partition coefficient (Wildman–Crippen LogP) is 5.95. The summed E-state index contributed by atoms with van der Waals surface area (Å²) in [6.07, 6.45) is 6.63. The SMILES string of the molecule is CC1=C(C(N)=O)[C@H](c2ccccc2)N2C(c3ccc(C4CCCCC4)cc3)=CSC2=N1. The van der Waals surface area contributed by atoms with Gasteiger partial charge >= 0.3 is 0 Å². The Balaban J connectivity index is 1.52. The minimum absolute atomic E-state index is 0.273. The number of amidine groups is 1. The number of fused-ring (bicyclic) bond motifs is 1. The Kier molecular flexibility index (Phi) is 5.45. The molecule has 0 saturated heterocycles. The van der Waals surface area contributed by atoms with Gasteiger partial charge in [0.25, 0.3) is 0 Å². The van der Waals surface area contributed by atoms with Crippen molar-refractivity contribution in [3.63, 3.8) is 0 Å². The Morgan fingerprint density at radius 2 is 1.71 bits per heavy atom. The van der Waals surface area contributed by atoms with Gasteiger partial charge in [0.05, 0.1) is 23.0 Å².